The van der Waals surface area contributed by atoms with Crippen LogP contribution in [-0.4, -0.2) is 52.7 Å². The number of piperazine rings is 1. The minimum Gasteiger partial charge on any atom is -0.368 e. The van der Waals surface area contributed by atoms with Gasteiger partial charge in [-0.05, 0) is 36.8 Å². The highest BCUT2D eigenvalue weighted by Crippen LogP contribution is 2.21. The van der Waals surface area contributed by atoms with Crippen LogP contribution in [0.3, 0.4) is 0 Å². The molecular formula is C23H25FN4OS. The average Bonchev–Trinajstić information content (AvgIpc) is 3.12. The van der Waals surface area contributed by atoms with E-state index >= 15 is 0 Å². The fraction of sp³-hybridized carbons (Fsp3) is 0.304. The molecule has 1 aromatic heterocycles. The number of halogens is 1. The fourth-order valence-corrected chi connectivity index (χ4v) is 4.43. The third-order valence-electron chi connectivity index (χ3n) is 5.33. The summed E-state index contributed by atoms with van der Waals surface area (Å²) < 4.78 is 13.1. The van der Waals surface area contributed by atoms with Crippen LogP contribution < -0.4 is 4.90 Å². The number of benzene rings is 2. The smallest absolute Gasteiger partial charge is 0.233 e. The van der Waals surface area contributed by atoms with Crippen molar-refractivity contribution in [2.75, 3.05) is 36.8 Å². The van der Waals surface area contributed by atoms with Crippen LogP contribution in [0.25, 0.3) is 0 Å². The molecule has 0 aliphatic carbocycles. The van der Waals surface area contributed by atoms with Crippen LogP contribution in [0.5, 0.6) is 0 Å². The number of aryl methyl sites for hydroxylation is 1. The van der Waals surface area contributed by atoms with Gasteiger partial charge in [-0.3, -0.25) is 4.79 Å². The molecule has 1 aliphatic heterocycles. The monoisotopic (exact) mass is 424 g/mol. The molecule has 0 unspecified atom stereocenters. The Morgan fingerprint density at radius 3 is 2.47 bits per heavy atom. The van der Waals surface area contributed by atoms with Crippen LogP contribution in [0.1, 0.15) is 17.0 Å². The summed E-state index contributed by atoms with van der Waals surface area (Å²) in [4.78, 5) is 24.7. The first kappa shape index (κ1) is 20.5. The van der Waals surface area contributed by atoms with E-state index in [0.717, 1.165) is 41.7 Å². The van der Waals surface area contributed by atoms with Crippen LogP contribution in [-0.2, 0) is 11.2 Å². The number of hydrogen-bond acceptors (Lipinski definition) is 4. The van der Waals surface area contributed by atoms with E-state index in [0.29, 0.717) is 18.8 Å². The molecule has 156 valence electrons. The number of hydrogen-bond donors (Lipinski definition) is 1. The zero-order chi connectivity index (χ0) is 20.9. The molecule has 1 saturated heterocycles. The Balaban J connectivity index is 1.27. The molecule has 0 bridgehead atoms. The molecule has 2 heterocycles. The third-order valence-corrected chi connectivity index (χ3v) is 6.19. The Morgan fingerprint density at radius 1 is 1.07 bits per heavy atom. The minimum atomic E-state index is -0.232. The fourth-order valence-electron chi connectivity index (χ4n) is 3.58. The number of H-pyrrole nitrogens is 1. The maximum Gasteiger partial charge on any atom is 0.233 e. The summed E-state index contributed by atoms with van der Waals surface area (Å²) in [6.07, 6.45) is 0.781. The van der Waals surface area contributed by atoms with E-state index in [1.807, 2.05) is 30.0 Å². The van der Waals surface area contributed by atoms with Crippen molar-refractivity contribution in [1.29, 1.82) is 0 Å². The summed E-state index contributed by atoms with van der Waals surface area (Å²) in [5, 5.41) is 0.789. The van der Waals surface area contributed by atoms with Gasteiger partial charge in [0, 0.05) is 44.0 Å². The Kier molecular flexibility index (Phi) is 6.38. The molecule has 1 amide bonds. The zero-order valence-corrected chi connectivity index (χ0v) is 17.8. The lowest BCUT2D eigenvalue weighted by Gasteiger charge is -2.36. The molecule has 0 spiro atoms. The molecule has 0 atom stereocenters. The van der Waals surface area contributed by atoms with Gasteiger partial charge < -0.3 is 14.8 Å². The minimum absolute atomic E-state index is 0.123. The van der Waals surface area contributed by atoms with Gasteiger partial charge in [0.1, 0.15) is 5.82 Å². The van der Waals surface area contributed by atoms with Gasteiger partial charge in [0.2, 0.25) is 5.91 Å². The lowest BCUT2D eigenvalue weighted by atomic mass is 10.1. The first-order valence-corrected chi connectivity index (χ1v) is 11.1. The number of amides is 1. The van der Waals surface area contributed by atoms with E-state index in [-0.39, 0.29) is 11.7 Å². The van der Waals surface area contributed by atoms with Gasteiger partial charge in [-0.2, -0.15) is 0 Å². The van der Waals surface area contributed by atoms with E-state index in [2.05, 4.69) is 27.0 Å². The number of aromatic amines is 1. The predicted octanol–water partition coefficient (Wildman–Crippen LogP) is 3.89. The van der Waals surface area contributed by atoms with Crippen molar-refractivity contribution in [2.45, 2.75) is 18.5 Å². The maximum absolute atomic E-state index is 13.1. The molecule has 1 N–H and O–H groups in total. The predicted molar refractivity (Wildman–Crippen MR) is 118 cm³/mol. The summed E-state index contributed by atoms with van der Waals surface area (Å²) in [6, 6.07) is 16.8. The third kappa shape index (κ3) is 5.02. The number of nitrogens with one attached hydrogen (secondary N) is 1. The van der Waals surface area contributed by atoms with E-state index < -0.39 is 0 Å². The first-order chi connectivity index (χ1) is 14.6. The first-order valence-electron chi connectivity index (χ1n) is 10.1. The highest BCUT2D eigenvalue weighted by molar-refractivity contribution is 7.99. The van der Waals surface area contributed by atoms with Crippen molar-refractivity contribution < 1.29 is 9.18 Å². The van der Waals surface area contributed by atoms with Crippen LogP contribution in [0.4, 0.5) is 10.1 Å². The molecule has 2 aromatic carbocycles. The quantitative estimate of drug-likeness (QED) is 0.610. The van der Waals surface area contributed by atoms with Gasteiger partial charge in [-0.1, -0.05) is 42.1 Å². The van der Waals surface area contributed by atoms with E-state index in [4.69, 9.17) is 0 Å². The van der Waals surface area contributed by atoms with Crippen LogP contribution in [0.15, 0.2) is 59.8 Å². The largest absolute Gasteiger partial charge is 0.368 e. The Morgan fingerprint density at radius 2 is 1.77 bits per heavy atom. The summed E-state index contributed by atoms with van der Waals surface area (Å²) >= 11 is 1.45. The van der Waals surface area contributed by atoms with Crippen LogP contribution >= 0.6 is 11.8 Å². The molecule has 30 heavy (non-hydrogen) atoms. The van der Waals surface area contributed by atoms with Gasteiger partial charge in [0.25, 0.3) is 0 Å². The number of anilines is 1. The summed E-state index contributed by atoms with van der Waals surface area (Å²) in [5.41, 5.74) is 4.28. The zero-order valence-electron chi connectivity index (χ0n) is 17.0. The average molecular weight is 425 g/mol. The normalized spacial score (nSPS) is 14.2. The van der Waals surface area contributed by atoms with Gasteiger partial charge in [-0.25, -0.2) is 9.37 Å². The summed E-state index contributed by atoms with van der Waals surface area (Å²) in [7, 11) is 0. The number of thioether (sulfide) groups is 1. The number of aromatic nitrogens is 2. The second-order valence-corrected chi connectivity index (χ2v) is 8.37. The van der Waals surface area contributed by atoms with Crippen molar-refractivity contribution >= 4 is 23.4 Å². The van der Waals surface area contributed by atoms with Crippen molar-refractivity contribution in [3.8, 4) is 0 Å². The molecule has 1 fully saturated rings. The van der Waals surface area contributed by atoms with Crippen molar-refractivity contribution in [3.63, 3.8) is 0 Å². The SMILES string of the molecule is Cc1[nH]c(SCC(=O)N2CCN(c3ccc(F)cc3)CC2)nc1Cc1ccccc1. The highest BCUT2D eigenvalue weighted by atomic mass is 32.2. The number of rotatable bonds is 6. The van der Waals surface area contributed by atoms with Gasteiger partial charge >= 0.3 is 0 Å². The molecule has 3 aromatic rings. The molecule has 4 rings (SSSR count). The van der Waals surface area contributed by atoms with Crippen LogP contribution in [0, 0.1) is 12.7 Å². The molecular weight excluding hydrogens is 399 g/mol. The lowest BCUT2D eigenvalue weighted by Crippen LogP contribution is -2.49. The Labute approximate surface area is 180 Å². The topological polar surface area (TPSA) is 52.2 Å². The molecule has 7 heteroatoms. The van der Waals surface area contributed by atoms with Crippen LogP contribution in [0.2, 0.25) is 0 Å². The standard InChI is InChI=1S/C23H25FN4OS/c1-17-21(15-18-5-3-2-4-6-18)26-23(25-17)30-16-22(29)28-13-11-27(12-14-28)20-9-7-19(24)8-10-20/h2-10H,11-16H2,1H3,(H,25,26). The van der Waals surface area contributed by atoms with Crippen molar-refractivity contribution in [2.24, 2.45) is 0 Å². The van der Waals surface area contributed by atoms with Gasteiger partial charge in [0.05, 0.1) is 11.4 Å². The number of carbonyl (C=O) groups excluding carboxylic acids is 1. The van der Waals surface area contributed by atoms with E-state index in [9.17, 15) is 9.18 Å². The van der Waals surface area contributed by atoms with E-state index in [1.54, 1.807) is 12.1 Å². The second-order valence-electron chi connectivity index (χ2n) is 7.41. The number of nitrogens with zero attached hydrogens (tertiary/aromatic N) is 3. The molecule has 0 saturated carbocycles. The van der Waals surface area contributed by atoms with Gasteiger partial charge in [0.15, 0.2) is 5.16 Å². The van der Waals surface area contributed by atoms with Gasteiger partial charge in [-0.15, -0.1) is 0 Å². The highest BCUT2D eigenvalue weighted by Gasteiger charge is 2.22. The molecule has 5 nitrogen and oxygen atoms in total. The summed E-state index contributed by atoms with van der Waals surface area (Å²) in [6.45, 7) is 4.87. The maximum atomic E-state index is 13.1. The molecule has 1 aliphatic rings. The lowest BCUT2D eigenvalue weighted by molar-refractivity contribution is -0.128. The van der Waals surface area contributed by atoms with E-state index in [1.165, 1.54) is 29.5 Å². The van der Waals surface area contributed by atoms with Crippen molar-refractivity contribution in [3.05, 3.63) is 77.4 Å². The number of imidazole rings is 1. The van der Waals surface area contributed by atoms with Crippen molar-refractivity contribution in [1.82, 2.24) is 14.9 Å². The summed E-state index contributed by atoms with van der Waals surface area (Å²) in [5.74, 6) is 0.260. The molecule has 0 radical (unpaired) electrons. The Hall–Kier alpha value is -2.80. The Bertz CT molecular complexity index is 982. The second kappa shape index (κ2) is 9.34. The number of carbonyl (C=O) groups is 1.